The lowest BCUT2D eigenvalue weighted by molar-refractivity contribution is 0.440. The monoisotopic (exact) mass is 437 g/mol. The Morgan fingerprint density at radius 3 is 2.65 bits per heavy atom. The van der Waals surface area contributed by atoms with Gasteiger partial charge in [-0.2, -0.15) is 9.97 Å². The van der Waals surface area contributed by atoms with Crippen LogP contribution in [0.25, 0.3) is 21.9 Å². The molecule has 0 amide bonds. The SMILES string of the molecule is CNc1cc(Cl)cc2c1[nH]c1nc(Oc3cnc(N)nc3)nc(N3CC4C(N)C4C3)c12. The van der Waals surface area contributed by atoms with E-state index in [4.69, 9.17) is 32.8 Å². The molecule has 10 nitrogen and oxygen atoms in total. The van der Waals surface area contributed by atoms with E-state index in [0.29, 0.717) is 28.3 Å². The molecule has 1 aliphatic heterocycles. The number of aromatic amines is 1. The summed E-state index contributed by atoms with van der Waals surface area (Å²) >= 11 is 6.40. The van der Waals surface area contributed by atoms with Crippen molar-refractivity contribution in [2.24, 2.45) is 17.6 Å². The quantitative estimate of drug-likeness (QED) is 0.378. The third kappa shape index (κ3) is 2.90. The lowest BCUT2D eigenvalue weighted by Crippen LogP contribution is -2.29. The largest absolute Gasteiger partial charge is 0.421 e. The highest BCUT2D eigenvalue weighted by molar-refractivity contribution is 6.32. The molecular formula is C20H20ClN9O. The highest BCUT2D eigenvalue weighted by Gasteiger charge is 2.54. The molecule has 1 saturated heterocycles. The van der Waals surface area contributed by atoms with Crippen molar-refractivity contribution in [2.75, 3.05) is 36.1 Å². The van der Waals surface area contributed by atoms with Gasteiger partial charge in [0.2, 0.25) is 5.95 Å². The van der Waals surface area contributed by atoms with E-state index in [-0.39, 0.29) is 18.0 Å². The number of ether oxygens (including phenoxy) is 1. The first-order valence-electron chi connectivity index (χ1n) is 9.98. The van der Waals surface area contributed by atoms with E-state index in [9.17, 15) is 0 Å². The summed E-state index contributed by atoms with van der Waals surface area (Å²) in [6.07, 6.45) is 2.98. The van der Waals surface area contributed by atoms with Gasteiger partial charge in [-0.05, 0) is 24.0 Å². The van der Waals surface area contributed by atoms with Gasteiger partial charge in [0, 0.05) is 36.6 Å². The van der Waals surface area contributed by atoms with Crippen LogP contribution in [0.3, 0.4) is 0 Å². The number of nitrogens with one attached hydrogen (secondary N) is 2. The van der Waals surface area contributed by atoms with E-state index in [1.54, 1.807) is 0 Å². The van der Waals surface area contributed by atoms with Crippen LogP contribution in [0.2, 0.25) is 5.02 Å². The molecule has 2 atom stereocenters. The van der Waals surface area contributed by atoms with Gasteiger partial charge >= 0.3 is 6.01 Å². The normalized spacial score (nSPS) is 22.2. The Morgan fingerprint density at radius 1 is 1.19 bits per heavy atom. The summed E-state index contributed by atoms with van der Waals surface area (Å²) < 4.78 is 5.86. The van der Waals surface area contributed by atoms with Gasteiger partial charge in [0.15, 0.2) is 5.75 Å². The molecule has 6 N–H and O–H groups in total. The number of nitrogen functional groups attached to an aromatic ring is 1. The lowest BCUT2D eigenvalue weighted by atomic mass is 10.1. The number of anilines is 3. The van der Waals surface area contributed by atoms with Crippen molar-refractivity contribution in [1.29, 1.82) is 0 Å². The van der Waals surface area contributed by atoms with E-state index in [1.165, 1.54) is 12.4 Å². The van der Waals surface area contributed by atoms with E-state index < -0.39 is 0 Å². The molecule has 11 heteroatoms. The second-order valence-electron chi connectivity index (χ2n) is 7.99. The highest BCUT2D eigenvalue weighted by atomic mass is 35.5. The predicted octanol–water partition coefficient (Wildman–Crippen LogP) is 2.36. The van der Waals surface area contributed by atoms with Gasteiger partial charge in [0.1, 0.15) is 11.5 Å². The minimum absolute atomic E-state index is 0.170. The van der Waals surface area contributed by atoms with E-state index in [0.717, 1.165) is 40.9 Å². The smallest absolute Gasteiger partial charge is 0.326 e. The summed E-state index contributed by atoms with van der Waals surface area (Å²) in [4.78, 5) is 23.0. The van der Waals surface area contributed by atoms with Crippen molar-refractivity contribution in [1.82, 2.24) is 24.9 Å². The third-order valence-corrected chi connectivity index (χ3v) is 6.39. The number of aromatic nitrogens is 5. The summed E-state index contributed by atoms with van der Waals surface area (Å²) in [5.74, 6) is 2.37. The highest BCUT2D eigenvalue weighted by Crippen LogP contribution is 2.47. The third-order valence-electron chi connectivity index (χ3n) is 6.17. The first kappa shape index (κ1) is 18.4. The maximum Gasteiger partial charge on any atom is 0.326 e. The van der Waals surface area contributed by atoms with Crippen molar-refractivity contribution in [3.8, 4) is 11.8 Å². The second-order valence-corrected chi connectivity index (χ2v) is 8.43. The number of H-pyrrole nitrogens is 1. The van der Waals surface area contributed by atoms with Crippen LogP contribution in [-0.2, 0) is 0 Å². The van der Waals surface area contributed by atoms with E-state index in [2.05, 4.69) is 30.2 Å². The van der Waals surface area contributed by atoms with Crippen molar-refractivity contribution >= 4 is 51.0 Å². The maximum absolute atomic E-state index is 6.40. The average Bonchev–Trinajstić information content (AvgIpc) is 3.12. The molecule has 0 spiro atoms. The number of hydrogen-bond donors (Lipinski definition) is 4. The fraction of sp³-hybridized carbons (Fsp3) is 0.300. The second kappa shape index (κ2) is 6.56. The molecule has 158 valence electrons. The lowest BCUT2D eigenvalue weighted by Gasteiger charge is -2.21. The molecule has 4 heterocycles. The Hall–Kier alpha value is -3.37. The minimum atomic E-state index is 0.170. The van der Waals surface area contributed by atoms with Crippen LogP contribution >= 0.6 is 11.6 Å². The summed E-state index contributed by atoms with van der Waals surface area (Å²) in [5, 5.41) is 5.68. The van der Waals surface area contributed by atoms with Gasteiger partial charge in [-0.1, -0.05) is 11.6 Å². The first-order valence-corrected chi connectivity index (χ1v) is 10.4. The fourth-order valence-electron chi connectivity index (χ4n) is 4.53. The van der Waals surface area contributed by atoms with Gasteiger partial charge in [0.05, 0.1) is 29.0 Å². The zero-order chi connectivity index (χ0) is 21.3. The fourth-order valence-corrected chi connectivity index (χ4v) is 4.74. The van der Waals surface area contributed by atoms with E-state index in [1.807, 2.05) is 19.2 Å². The van der Waals surface area contributed by atoms with Gasteiger partial charge in [0.25, 0.3) is 0 Å². The molecule has 31 heavy (non-hydrogen) atoms. The summed E-state index contributed by atoms with van der Waals surface area (Å²) in [6.45, 7) is 1.71. The molecule has 0 bridgehead atoms. The zero-order valence-electron chi connectivity index (χ0n) is 16.6. The van der Waals surface area contributed by atoms with Crippen molar-refractivity contribution < 1.29 is 4.74 Å². The van der Waals surface area contributed by atoms with Crippen LogP contribution < -0.4 is 26.4 Å². The number of hydrogen-bond acceptors (Lipinski definition) is 9. The molecule has 0 radical (unpaired) electrons. The standard InChI is InChI=1S/C20H20ClN9O/c1-24-13-3-8(21)2-10-14-17(27-16(10)13)28-20(31-9-4-25-19(23)26-5-9)29-18(14)30-6-11-12(7-30)15(11)22/h2-5,11-12,15,24H,6-7,22H2,1H3,(H2,23,25,26)(H,27,28,29). The summed E-state index contributed by atoms with van der Waals surface area (Å²) in [7, 11) is 1.86. The van der Waals surface area contributed by atoms with Crippen molar-refractivity contribution in [2.45, 2.75) is 6.04 Å². The molecular weight excluding hydrogens is 418 g/mol. The van der Waals surface area contributed by atoms with Crippen LogP contribution in [-0.4, -0.2) is 51.1 Å². The van der Waals surface area contributed by atoms with E-state index >= 15 is 0 Å². The topological polar surface area (TPSA) is 144 Å². The number of nitrogens with zero attached hydrogens (tertiary/aromatic N) is 5. The van der Waals surface area contributed by atoms with Crippen LogP contribution in [0.5, 0.6) is 11.8 Å². The molecule has 1 aromatic carbocycles. The van der Waals surface area contributed by atoms with Crippen LogP contribution in [0.1, 0.15) is 0 Å². The average molecular weight is 438 g/mol. The number of rotatable bonds is 4. The molecule has 2 unspecified atom stereocenters. The summed E-state index contributed by atoms with van der Waals surface area (Å²) in [6, 6.07) is 4.29. The maximum atomic E-state index is 6.40. The first-order chi connectivity index (χ1) is 15.0. The number of halogens is 1. The van der Waals surface area contributed by atoms with Crippen LogP contribution in [0.15, 0.2) is 24.5 Å². The number of piperidine rings is 1. The van der Waals surface area contributed by atoms with Gasteiger partial charge < -0.3 is 31.4 Å². The number of fused-ring (bicyclic) bond motifs is 4. The molecule has 4 aromatic rings. The van der Waals surface area contributed by atoms with Crippen molar-refractivity contribution in [3.63, 3.8) is 0 Å². The van der Waals surface area contributed by atoms with Crippen molar-refractivity contribution in [3.05, 3.63) is 29.5 Å². The molecule has 2 aliphatic rings. The molecule has 3 aromatic heterocycles. The predicted molar refractivity (Wildman–Crippen MR) is 120 cm³/mol. The van der Waals surface area contributed by atoms with Gasteiger partial charge in [-0.15, -0.1) is 0 Å². The molecule has 1 saturated carbocycles. The summed E-state index contributed by atoms with van der Waals surface area (Å²) in [5.41, 5.74) is 14.2. The van der Waals surface area contributed by atoms with Crippen LogP contribution in [0.4, 0.5) is 17.5 Å². The van der Waals surface area contributed by atoms with Crippen LogP contribution in [0, 0.1) is 11.8 Å². The molecule has 1 aliphatic carbocycles. The Bertz CT molecular complexity index is 1310. The zero-order valence-corrected chi connectivity index (χ0v) is 17.4. The Morgan fingerprint density at radius 2 is 1.94 bits per heavy atom. The number of nitrogens with two attached hydrogens (primary N) is 2. The molecule has 6 rings (SSSR count). The Kier molecular flexibility index (Phi) is 3.90. The van der Waals surface area contributed by atoms with Gasteiger partial charge in [-0.25, -0.2) is 9.97 Å². The van der Waals surface area contributed by atoms with Gasteiger partial charge in [-0.3, -0.25) is 0 Å². The molecule has 2 fully saturated rings. The number of benzene rings is 1. The Balaban J connectivity index is 1.53. The minimum Gasteiger partial charge on any atom is -0.421 e. The Labute approximate surface area is 182 Å².